The van der Waals surface area contributed by atoms with Crippen molar-refractivity contribution in [3.05, 3.63) is 64.9 Å². The second-order valence-electron chi connectivity index (χ2n) is 5.27. The van der Waals surface area contributed by atoms with Crippen molar-refractivity contribution in [3.8, 4) is 0 Å². The van der Waals surface area contributed by atoms with Crippen LogP contribution >= 0.6 is 23.4 Å². The number of rotatable bonds is 4. The van der Waals surface area contributed by atoms with Crippen LogP contribution in [0.4, 0.5) is 10.1 Å². The lowest BCUT2D eigenvalue weighted by Crippen LogP contribution is -2.36. The summed E-state index contributed by atoms with van der Waals surface area (Å²) >= 11 is 7.64. The molecule has 1 fully saturated rings. The first-order chi connectivity index (χ1) is 11.5. The molecule has 0 spiro atoms. The summed E-state index contributed by atoms with van der Waals surface area (Å²) in [6.45, 7) is -0.113. The van der Waals surface area contributed by atoms with E-state index in [0.29, 0.717) is 16.5 Å². The fourth-order valence-electron chi connectivity index (χ4n) is 2.48. The van der Waals surface area contributed by atoms with E-state index in [1.54, 1.807) is 12.1 Å². The van der Waals surface area contributed by atoms with Gasteiger partial charge < -0.3 is 10.2 Å². The Morgan fingerprint density at radius 1 is 1.29 bits per heavy atom. The molecule has 2 aromatic carbocycles. The van der Waals surface area contributed by atoms with Crippen LogP contribution in [-0.4, -0.2) is 29.0 Å². The molecular formula is C17H14ClFN2O2S. The van der Waals surface area contributed by atoms with E-state index in [0.717, 1.165) is 5.56 Å². The SMILES string of the molecule is O=C(CN1C(=O)CSC1c1ccccc1Cl)Nc1cccc(F)c1. The molecule has 0 aromatic heterocycles. The Kier molecular flexibility index (Phi) is 5.06. The van der Waals surface area contributed by atoms with Gasteiger partial charge in [0, 0.05) is 16.3 Å². The molecule has 1 N–H and O–H groups in total. The molecule has 0 saturated carbocycles. The Balaban J connectivity index is 1.73. The predicted octanol–water partition coefficient (Wildman–Crippen LogP) is 3.69. The molecule has 1 atom stereocenters. The highest BCUT2D eigenvalue weighted by Crippen LogP contribution is 2.41. The highest BCUT2D eigenvalue weighted by Gasteiger charge is 2.35. The third kappa shape index (κ3) is 3.71. The molecule has 2 aromatic rings. The second kappa shape index (κ2) is 7.23. The van der Waals surface area contributed by atoms with Gasteiger partial charge in [-0.25, -0.2) is 4.39 Å². The summed E-state index contributed by atoms with van der Waals surface area (Å²) in [5, 5.41) is 2.86. The van der Waals surface area contributed by atoms with E-state index in [4.69, 9.17) is 11.6 Å². The van der Waals surface area contributed by atoms with Gasteiger partial charge in [-0.1, -0.05) is 35.9 Å². The number of hydrogen-bond donors (Lipinski definition) is 1. The average molecular weight is 365 g/mol. The first-order valence-corrected chi connectivity index (χ1v) is 8.68. The predicted molar refractivity (Wildman–Crippen MR) is 93.4 cm³/mol. The van der Waals surface area contributed by atoms with Crippen molar-refractivity contribution in [1.29, 1.82) is 0 Å². The lowest BCUT2D eigenvalue weighted by Gasteiger charge is -2.24. The maximum Gasteiger partial charge on any atom is 0.244 e. The van der Waals surface area contributed by atoms with Crippen LogP contribution in [0.5, 0.6) is 0 Å². The summed E-state index contributed by atoms with van der Waals surface area (Å²) in [5.41, 5.74) is 1.15. The largest absolute Gasteiger partial charge is 0.324 e. The second-order valence-corrected chi connectivity index (χ2v) is 6.74. The summed E-state index contributed by atoms with van der Waals surface area (Å²) in [5.74, 6) is -0.647. The molecule has 2 amide bonds. The van der Waals surface area contributed by atoms with Crippen molar-refractivity contribution in [1.82, 2.24) is 4.90 Å². The van der Waals surface area contributed by atoms with Crippen molar-refractivity contribution in [3.63, 3.8) is 0 Å². The molecule has 7 heteroatoms. The van der Waals surface area contributed by atoms with Crippen LogP contribution in [0.1, 0.15) is 10.9 Å². The minimum atomic E-state index is -0.436. The quantitative estimate of drug-likeness (QED) is 0.900. The normalized spacial score (nSPS) is 17.2. The van der Waals surface area contributed by atoms with E-state index in [1.165, 1.54) is 34.9 Å². The van der Waals surface area contributed by atoms with E-state index in [9.17, 15) is 14.0 Å². The molecule has 24 heavy (non-hydrogen) atoms. The lowest BCUT2D eigenvalue weighted by atomic mass is 10.2. The van der Waals surface area contributed by atoms with Crippen molar-refractivity contribution >= 4 is 40.9 Å². The van der Waals surface area contributed by atoms with Crippen molar-refractivity contribution in [2.75, 3.05) is 17.6 Å². The number of halogens is 2. The Bertz CT molecular complexity index is 787. The van der Waals surface area contributed by atoms with Crippen LogP contribution < -0.4 is 5.32 Å². The van der Waals surface area contributed by atoms with Gasteiger partial charge in [0.2, 0.25) is 11.8 Å². The number of amides is 2. The third-order valence-corrected chi connectivity index (χ3v) is 5.14. The standard InChI is InChI=1S/C17H14ClFN2O2S/c18-14-7-2-1-6-13(14)17-21(16(23)10-24-17)9-15(22)20-12-5-3-4-11(19)8-12/h1-8,17H,9-10H2,(H,20,22). The fraction of sp³-hybridized carbons (Fsp3) is 0.176. The lowest BCUT2D eigenvalue weighted by molar-refractivity contribution is -0.132. The molecule has 1 unspecified atom stereocenters. The molecule has 124 valence electrons. The van der Waals surface area contributed by atoms with Gasteiger partial charge in [-0.2, -0.15) is 0 Å². The smallest absolute Gasteiger partial charge is 0.244 e. The zero-order valence-electron chi connectivity index (χ0n) is 12.5. The summed E-state index contributed by atoms with van der Waals surface area (Å²) in [4.78, 5) is 25.8. The maximum absolute atomic E-state index is 13.2. The van der Waals surface area contributed by atoms with Crippen molar-refractivity contribution < 1.29 is 14.0 Å². The number of thioether (sulfide) groups is 1. The van der Waals surface area contributed by atoms with Crippen LogP contribution in [-0.2, 0) is 9.59 Å². The maximum atomic E-state index is 13.2. The molecular weight excluding hydrogens is 351 g/mol. The van der Waals surface area contributed by atoms with Gasteiger partial charge in [-0.3, -0.25) is 9.59 Å². The fourth-order valence-corrected chi connectivity index (χ4v) is 4.01. The van der Waals surface area contributed by atoms with Gasteiger partial charge in [0.15, 0.2) is 0 Å². The average Bonchev–Trinajstić information content (AvgIpc) is 2.89. The summed E-state index contributed by atoms with van der Waals surface area (Å²) in [6, 6.07) is 12.9. The van der Waals surface area contributed by atoms with Gasteiger partial charge in [0.25, 0.3) is 0 Å². The molecule has 0 aliphatic carbocycles. The van der Waals surface area contributed by atoms with Crippen LogP contribution in [0, 0.1) is 5.82 Å². The Hall–Kier alpha value is -2.05. The van der Waals surface area contributed by atoms with Crippen LogP contribution in [0.25, 0.3) is 0 Å². The van der Waals surface area contributed by atoms with Crippen LogP contribution in [0.15, 0.2) is 48.5 Å². The highest BCUT2D eigenvalue weighted by atomic mass is 35.5. The van der Waals surface area contributed by atoms with E-state index < -0.39 is 5.82 Å². The number of benzene rings is 2. The Morgan fingerprint density at radius 3 is 2.83 bits per heavy atom. The van der Waals surface area contributed by atoms with Crippen LogP contribution in [0.2, 0.25) is 5.02 Å². The minimum absolute atomic E-state index is 0.113. The van der Waals surface area contributed by atoms with Crippen molar-refractivity contribution in [2.45, 2.75) is 5.37 Å². The summed E-state index contributed by atoms with van der Waals surface area (Å²) < 4.78 is 13.2. The molecule has 1 aliphatic rings. The van der Waals surface area contributed by atoms with Crippen LogP contribution in [0.3, 0.4) is 0 Å². The number of nitrogens with zero attached hydrogens (tertiary/aromatic N) is 1. The number of carbonyl (C=O) groups is 2. The Morgan fingerprint density at radius 2 is 2.08 bits per heavy atom. The topological polar surface area (TPSA) is 49.4 Å². The van der Waals surface area contributed by atoms with Gasteiger partial charge in [-0.15, -0.1) is 11.8 Å². The number of hydrogen-bond acceptors (Lipinski definition) is 3. The molecule has 4 nitrogen and oxygen atoms in total. The number of nitrogens with one attached hydrogen (secondary N) is 1. The van der Waals surface area contributed by atoms with E-state index in [-0.39, 0.29) is 23.7 Å². The van der Waals surface area contributed by atoms with Gasteiger partial charge >= 0.3 is 0 Å². The first-order valence-electron chi connectivity index (χ1n) is 7.25. The molecule has 0 radical (unpaired) electrons. The zero-order valence-corrected chi connectivity index (χ0v) is 14.1. The molecule has 0 bridgehead atoms. The van der Waals surface area contributed by atoms with Crippen molar-refractivity contribution in [2.24, 2.45) is 0 Å². The summed E-state index contributed by atoms with van der Waals surface area (Å²) in [7, 11) is 0. The van der Waals surface area contributed by atoms with E-state index in [1.807, 2.05) is 18.2 Å². The number of carbonyl (C=O) groups excluding carboxylic acids is 2. The van der Waals surface area contributed by atoms with E-state index >= 15 is 0 Å². The molecule has 1 aliphatic heterocycles. The molecule has 1 heterocycles. The third-order valence-electron chi connectivity index (χ3n) is 3.56. The molecule has 3 rings (SSSR count). The monoisotopic (exact) mass is 364 g/mol. The van der Waals surface area contributed by atoms with E-state index in [2.05, 4.69) is 5.32 Å². The molecule has 1 saturated heterocycles. The van der Waals surface area contributed by atoms with Gasteiger partial charge in [-0.05, 0) is 24.3 Å². The number of anilines is 1. The van der Waals surface area contributed by atoms with Gasteiger partial charge in [0.05, 0.1) is 5.75 Å². The van der Waals surface area contributed by atoms with Gasteiger partial charge in [0.1, 0.15) is 17.7 Å². The highest BCUT2D eigenvalue weighted by molar-refractivity contribution is 8.00. The Labute approximate surface area is 148 Å². The summed E-state index contributed by atoms with van der Waals surface area (Å²) in [6.07, 6.45) is 0. The zero-order chi connectivity index (χ0) is 17.1. The minimum Gasteiger partial charge on any atom is -0.324 e. The first kappa shape index (κ1) is 16.8.